The van der Waals surface area contributed by atoms with Gasteiger partial charge >= 0.3 is 0 Å². The van der Waals surface area contributed by atoms with Gasteiger partial charge in [0.1, 0.15) is 11.9 Å². The molecule has 0 aliphatic heterocycles. The number of hydrogen-bond acceptors (Lipinski definition) is 4. The second kappa shape index (κ2) is 6.63. The Labute approximate surface area is 134 Å². The lowest BCUT2D eigenvalue weighted by molar-refractivity contribution is 0.602. The number of allylic oxidation sites excluding steroid dienone is 1. The topological polar surface area (TPSA) is 70.0 Å². The number of anilines is 1. The van der Waals surface area contributed by atoms with Crippen molar-refractivity contribution in [2.75, 3.05) is 5.32 Å². The molecule has 0 aliphatic carbocycles. The molecule has 0 saturated carbocycles. The summed E-state index contributed by atoms with van der Waals surface area (Å²) in [5.41, 5.74) is 1.84. The fraction of sp³-hybridized carbons (Fsp3) is 0.118. The van der Waals surface area contributed by atoms with E-state index in [1.54, 1.807) is 32.0 Å². The highest BCUT2D eigenvalue weighted by atomic mass is 32.2. The first kappa shape index (κ1) is 16.7. The number of rotatable bonds is 4. The minimum atomic E-state index is -3.92. The summed E-state index contributed by atoms with van der Waals surface area (Å²) in [4.78, 5) is -0.304. The molecule has 0 unspecified atom stereocenters. The molecular formula is C17H15FN2O2S. The zero-order valence-corrected chi connectivity index (χ0v) is 13.5. The van der Waals surface area contributed by atoms with Crippen LogP contribution in [-0.4, -0.2) is 8.42 Å². The zero-order valence-electron chi connectivity index (χ0n) is 12.7. The molecular weight excluding hydrogens is 315 g/mol. The number of halogens is 1. The summed E-state index contributed by atoms with van der Waals surface area (Å²) >= 11 is 0. The van der Waals surface area contributed by atoms with Gasteiger partial charge in [0.25, 0.3) is 0 Å². The van der Waals surface area contributed by atoms with E-state index in [9.17, 15) is 18.1 Å². The lowest BCUT2D eigenvalue weighted by Gasteiger charge is -2.08. The molecule has 0 bridgehead atoms. The lowest BCUT2D eigenvalue weighted by atomic mass is 10.2. The third-order valence-electron chi connectivity index (χ3n) is 3.25. The molecule has 0 aliphatic rings. The molecule has 2 rings (SSSR count). The molecule has 2 aromatic carbocycles. The SMILES string of the molecule is Cc1ccc(C)c(S(=O)(=O)/C(C#N)=C\Nc2ccc(F)cc2)c1. The van der Waals surface area contributed by atoms with Crippen LogP contribution in [0.25, 0.3) is 0 Å². The molecule has 0 atom stereocenters. The fourth-order valence-corrected chi connectivity index (χ4v) is 3.38. The van der Waals surface area contributed by atoms with Crippen molar-refractivity contribution in [3.8, 4) is 6.07 Å². The van der Waals surface area contributed by atoms with Gasteiger partial charge in [-0.1, -0.05) is 12.1 Å². The molecule has 0 radical (unpaired) electrons. The highest BCUT2D eigenvalue weighted by molar-refractivity contribution is 7.95. The Kier molecular flexibility index (Phi) is 4.82. The van der Waals surface area contributed by atoms with Crippen LogP contribution in [0.15, 0.2) is 58.5 Å². The Morgan fingerprint density at radius 1 is 1.17 bits per heavy atom. The van der Waals surface area contributed by atoms with Gasteiger partial charge in [0.2, 0.25) is 9.84 Å². The number of nitriles is 1. The van der Waals surface area contributed by atoms with E-state index in [0.29, 0.717) is 11.3 Å². The summed E-state index contributed by atoms with van der Waals surface area (Å²) in [5.74, 6) is -0.400. The molecule has 0 heterocycles. The first-order valence-electron chi connectivity index (χ1n) is 6.79. The maximum atomic E-state index is 12.9. The third kappa shape index (κ3) is 3.76. The van der Waals surface area contributed by atoms with Gasteiger partial charge in [0.15, 0.2) is 4.91 Å². The number of hydrogen-bond donors (Lipinski definition) is 1. The van der Waals surface area contributed by atoms with Crippen LogP contribution >= 0.6 is 0 Å². The van der Waals surface area contributed by atoms with Gasteiger partial charge in [-0.25, -0.2) is 12.8 Å². The predicted molar refractivity (Wildman–Crippen MR) is 86.8 cm³/mol. The van der Waals surface area contributed by atoms with Crippen LogP contribution in [-0.2, 0) is 9.84 Å². The van der Waals surface area contributed by atoms with Crippen molar-refractivity contribution in [1.29, 1.82) is 5.26 Å². The molecule has 6 heteroatoms. The van der Waals surface area contributed by atoms with E-state index in [4.69, 9.17) is 0 Å². The third-order valence-corrected chi connectivity index (χ3v) is 5.05. The normalized spacial score (nSPS) is 11.8. The molecule has 0 amide bonds. The summed E-state index contributed by atoms with van der Waals surface area (Å²) in [5, 5.41) is 11.9. The van der Waals surface area contributed by atoms with E-state index in [2.05, 4.69) is 5.32 Å². The van der Waals surface area contributed by atoms with Crippen molar-refractivity contribution in [3.05, 3.63) is 70.5 Å². The molecule has 0 saturated heterocycles. The monoisotopic (exact) mass is 330 g/mol. The second-order valence-corrected chi connectivity index (χ2v) is 6.93. The predicted octanol–water partition coefficient (Wildman–Crippen LogP) is 3.69. The van der Waals surface area contributed by atoms with Crippen LogP contribution in [0, 0.1) is 31.0 Å². The van der Waals surface area contributed by atoms with Crippen molar-refractivity contribution in [2.45, 2.75) is 18.7 Å². The Hall–Kier alpha value is -2.65. The van der Waals surface area contributed by atoms with E-state index in [0.717, 1.165) is 11.8 Å². The summed E-state index contributed by atoms with van der Waals surface area (Å²) in [6.45, 7) is 3.46. The quantitative estimate of drug-likeness (QED) is 0.868. The van der Waals surface area contributed by atoms with Gasteiger partial charge in [-0.05, 0) is 55.3 Å². The minimum Gasteiger partial charge on any atom is -0.360 e. The van der Waals surface area contributed by atoms with Crippen LogP contribution in [0.2, 0.25) is 0 Å². The zero-order chi connectivity index (χ0) is 17.0. The van der Waals surface area contributed by atoms with Gasteiger partial charge in [0.05, 0.1) is 4.90 Å². The number of benzene rings is 2. The van der Waals surface area contributed by atoms with Crippen molar-refractivity contribution in [2.24, 2.45) is 0 Å². The summed E-state index contributed by atoms with van der Waals surface area (Å²) in [6.07, 6.45) is 1.12. The van der Waals surface area contributed by atoms with Gasteiger partial charge in [0, 0.05) is 11.9 Å². The molecule has 0 fully saturated rings. The summed E-state index contributed by atoms with van der Waals surface area (Å²) in [6, 6.07) is 12.1. The first-order chi connectivity index (χ1) is 10.8. The Bertz CT molecular complexity index is 895. The summed E-state index contributed by atoms with van der Waals surface area (Å²) < 4.78 is 38.1. The van der Waals surface area contributed by atoms with Crippen LogP contribution in [0.3, 0.4) is 0 Å². The van der Waals surface area contributed by atoms with E-state index >= 15 is 0 Å². The van der Waals surface area contributed by atoms with Crippen LogP contribution < -0.4 is 5.32 Å². The molecule has 23 heavy (non-hydrogen) atoms. The smallest absolute Gasteiger partial charge is 0.218 e. The Morgan fingerprint density at radius 2 is 1.83 bits per heavy atom. The Balaban J connectivity index is 2.39. The van der Waals surface area contributed by atoms with E-state index in [-0.39, 0.29) is 4.90 Å². The van der Waals surface area contributed by atoms with Crippen molar-refractivity contribution >= 4 is 15.5 Å². The first-order valence-corrected chi connectivity index (χ1v) is 8.27. The average Bonchev–Trinajstić information content (AvgIpc) is 2.51. The highest BCUT2D eigenvalue weighted by Crippen LogP contribution is 2.23. The van der Waals surface area contributed by atoms with Crippen LogP contribution in [0.4, 0.5) is 10.1 Å². The van der Waals surface area contributed by atoms with Gasteiger partial charge in [-0.15, -0.1) is 0 Å². The van der Waals surface area contributed by atoms with Gasteiger partial charge < -0.3 is 5.32 Å². The molecule has 1 N–H and O–H groups in total. The lowest BCUT2D eigenvalue weighted by Crippen LogP contribution is -2.07. The molecule has 4 nitrogen and oxygen atoms in total. The number of aryl methyl sites for hydroxylation is 2. The van der Waals surface area contributed by atoms with Crippen molar-refractivity contribution < 1.29 is 12.8 Å². The van der Waals surface area contributed by atoms with Gasteiger partial charge in [-0.2, -0.15) is 5.26 Å². The Morgan fingerprint density at radius 3 is 2.43 bits per heavy atom. The minimum absolute atomic E-state index is 0.103. The number of sulfone groups is 1. The maximum Gasteiger partial charge on any atom is 0.218 e. The van der Waals surface area contributed by atoms with E-state index in [1.807, 2.05) is 0 Å². The highest BCUT2D eigenvalue weighted by Gasteiger charge is 2.23. The molecule has 0 aromatic heterocycles. The second-order valence-electron chi connectivity index (χ2n) is 5.04. The van der Waals surface area contributed by atoms with Crippen LogP contribution in [0.1, 0.15) is 11.1 Å². The standard InChI is InChI=1S/C17H15FN2O2S/c1-12-3-4-13(2)17(9-12)23(21,22)16(10-19)11-20-15-7-5-14(18)6-8-15/h3-9,11,20H,1-2H3/b16-11-. The molecule has 0 spiro atoms. The van der Waals surface area contributed by atoms with Gasteiger partial charge in [-0.3, -0.25) is 0 Å². The van der Waals surface area contributed by atoms with Crippen molar-refractivity contribution in [1.82, 2.24) is 0 Å². The summed E-state index contributed by atoms with van der Waals surface area (Å²) in [7, 11) is -3.92. The van der Waals surface area contributed by atoms with E-state index in [1.165, 1.54) is 30.3 Å². The van der Waals surface area contributed by atoms with E-state index < -0.39 is 20.6 Å². The largest absolute Gasteiger partial charge is 0.360 e. The van der Waals surface area contributed by atoms with Crippen molar-refractivity contribution in [3.63, 3.8) is 0 Å². The molecule has 2 aromatic rings. The molecule has 118 valence electrons. The van der Waals surface area contributed by atoms with Crippen LogP contribution in [0.5, 0.6) is 0 Å². The number of nitrogens with one attached hydrogen (secondary N) is 1. The average molecular weight is 330 g/mol. The fourth-order valence-electron chi connectivity index (χ4n) is 1.98. The number of nitrogens with zero attached hydrogens (tertiary/aromatic N) is 1. The maximum absolute atomic E-state index is 12.9.